The van der Waals surface area contributed by atoms with Crippen LogP contribution in [0.15, 0.2) is 35.7 Å². The molecule has 0 radical (unpaired) electrons. The number of nitrogens with zero attached hydrogens (tertiary/aromatic N) is 2. The van der Waals surface area contributed by atoms with Crippen molar-refractivity contribution < 1.29 is 4.74 Å². The minimum Gasteiger partial charge on any atom is -0.472 e. The normalized spacial score (nSPS) is 10.8. The molecule has 3 rings (SSSR count). The van der Waals surface area contributed by atoms with E-state index in [4.69, 9.17) is 16.3 Å². The summed E-state index contributed by atoms with van der Waals surface area (Å²) >= 11 is 7.55. The zero-order valence-corrected chi connectivity index (χ0v) is 13.0. The molecule has 2 heterocycles. The Labute approximate surface area is 131 Å². The highest BCUT2D eigenvalue weighted by Crippen LogP contribution is 2.28. The van der Waals surface area contributed by atoms with Gasteiger partial charge in [-0.3, -0.25) is 0 Å². The molecule has 0 saturated heterocycles. The Bertz CT molecular complexity index is 760. The molecule has 0 aliphatic carbocycles. The van der Waals surface area contributed by atoms with E-state index in [-0.39, 0.29) is 0 Å². The summed E-state index contributed by atoms with van der Waals surface area (Å²) in [6.07, 6.45) is 0. The van der Waals surface area contributed by atoms with Gasteiger partial charge in [-0.1, -0.05) is 23.7 Å². The Hall–Kier alpha value is -1.85. The maximum absolute atomic E-state index is 5.98. The number of rotatable bonds is 5. The van der Waals surface area contributed by atoms with Crippen LogP contribution in [0, 0.1) is 0 Å². The first-order chi connectivity index (χ1) is 10.3. The molecule has 0 aliphatic rings. The van der Waals surface area contributed by atoms with E-state index in [0.29, 0.717) is 23.5 Å². The van der Waals surface area contributed by atoms with Crippen molar-refractivity contribution in [2.75, 3.05) is 11.9 Å². The van der Waals surface area contributed by atoms with Crippen molar-refractivity contribution in [1.82, 2.24) is 9.97 Å². The number of thiophene rings is 1. The average Bonchev–Trinajstić information content (AvgIpc) is 2.93. The van der Waals surface area contributed by atoms with Gasteiger partial charge in [-0.15, -0.1) is 11.3 Å². The average molecular weight is 320 g/mol. The molecule has 0 aliphatic heterocycles. The molecule has 0 spiro atoms. The molecule has 2 aromatic heterocycles. The van der Waals surface area contributed by atoms with E-state index in [1.165, 1.54) is 0 Å². The molecule has 3 aromatic rings. The second-order valence-corrected chi connectivity index (χ2v) is 5.77. The number of hydrogen-bond donors (Lipinski definition) is 1. The molecule has 4 nitrogen and oxygen atoms in total. The fourth-order valence-electron chi connectivity index (χ4n) is 1.95. The molecule has 0 unspecified atom stereocenters. The maximum atomic E-state index is 5.98. The van der Waals surface area contributed by atoms with Crippen LogP contribution in [0.5, 0.6) is 5.88 Å². The van der Waals surface area contributed by atoms with Crippen LogP contribution in [0.4, 0.5) is 5.95 Å². The molecule has 0 atom stereocenters. The Morgan fingerprint density at radius 1 is 1.29 bits per heavy atom. The molecule has 108 valence electrons. The minimum absolute atomic E-state index is 0.425. The number of nitrogens with one attached hydrogen (secondary N) is 1. The highest BCUT2D eigenvalue weighted by molar-refractivity contribution is 7.16. The first-order valence-corrected chi connectivity index (χ1v) is 7.88. The SMILES string of the molecule is CCNc1nc(OCc2cccc(Cl)c2)c2ccsc2n1. The van der Waals surface area contributed by atoms with Crippen LogP contribution in [0.3, 0.4) is 0 Å². The smallest absolute Gasteiger partial charge is 0.227 e. The van der Waals surface area contributed by atoms with Crippen molar-refractivity contribution in [3.63, 3.8) is 0 Å². The van der Waals surface area contributed by atoms with Crippen molar-refractivity contribution in [2.24, 2.45) is 0 Å². The van der Waals surface area contributed by atoms with E-state index in [1.54, 1.807) is 11.3 Å². The Morgan fingerprint density at radius 2 is 2.19 bits per heavy atom. The number of anilines is 1. The molecule has 0 amide bonds. The summed E-state index contributed by atoms with van der Waals surface area (Å²) in [6.45, 7) is 3.20. The third-order valence-corrected chi connectivity index (χ3v) is 3.93. The van der Waals surface area contributed by atoms with Gasteiger partial charge < -0.3 is 10.1 Å². The van der Waals surface area contributed by atoms with Crippen LogP contribution < -0.4 is 10.1 Å². The van der Waals surface area contributed by atoms with Crippen LogP contribution in [-0.2, 0) is 6.61 Å². The van der Waals surface area contributed by atoms with Gasteiger partial charge in [0, 0.05) is 11.6 Å². The number of halogens is 1. The Morgan fingerprint density at radius 3 is 3.00 bits per heavy atom. The Balaban J connectivity index is 1.86. The summed E-state index contributed by atoms with van der Waals surface area (Å²) in [5.41, 5.74) is 1.01. The topological polar surface area (TPSA) is 47.0 Å². The van der Waals surface area contributed by atoms with Crippen LogP contribution in [0.2, 0.25) is 5.02 Å². The van der Waals surface area contributed by atoms with E-state index in [9.17, 15) is 0 Å². The lowest BCUT2D eigenvalue weighted by Gasteiger charge is -2.09. The third-order valence-electron chi connectivity index (χ3n) is 2.89. The Kier molecular flexibility index (Phi) is 4.22. The minimum atomic E-state index is 0.425. The summed E-state index contributed by atoms with van der Waals surface area (Å²) in [4.78, 5) is 9.80. The standard InChI is InChI=1S/C15H14ClN3OS/c1-2-17-15-18-13(12-6-7-21-14(12)19-15)20-9-10-4-3-5-11(16)8-10/h3-8H,2,9H2,1H3,(H,17,18,19). The first kappa shape index (κ1) is 14.1. The lowest BCUT2D eigenvalue weighted by molar-refractivity contribution is 0.298. The molecule has 21 heavy (non-hydrogen) atoms. The molecular weight excluding hydrogens is 306 g/mol. The van der Waals surface area contributed by atoms with E-state index >= 15 is 0 Å². The number of benzene rings is 1. The van der Waals surface area contributed by atoms with Crippen molar-refractivity contribution in [3.05, 3.63) is 46.3 Å². The summed E-state index contributed by atoms with van der Waals surface area (Å²) < 4.78 is 5.86. The largest absolute Gasteiger partial charge is 0.472 e. The van der Waals surface area contributed by atoms with Gasteiger partial charge in [-0.2, -0.15) is 4.98 Å². The van der Waals surface area contributed by atoms with E-state index in [1.807, 2.05) is 42.6 Å². The van der Waals surface area contributed by atoms with Crippen molar-refractivity contribution in [3.8, 4) is 5.88 Å². The monoisotopic (exact) mass is 319 g/mol. The van der Waals surface area contributed by atoms with Crippen LogP contribution in [-0.4, -0.2) is 16.5 Å². The van der Waals surface area contributed by atoms with Crippen molar-refractivity contribution in [2.45, 2.75) is 13.5 Å². The quantitative estimate of drug-likeness (QED) is 0.759. The predicted molar refractivity (Wildman–Crippen MR) is 87.4 cm³/mol. The molecule has 0 saturated carbocycles. The van der Waals surface area contributed by atoms with Gasteiger partial charge in [0.1, 0.15) is 11.4 Å². The van der Waals surface area contributed by atoms with Gasteiger partial charge >= 0.3 is 0 Å². The van der Waals surface area contributed by atoms with Gasteiger partial charge in [0.05, 0.1) is 5.39 Å². The summed E-state index contributed by atoms with van der Waals surface area (Å²) in [5.74, 6) is 1.19. The molecule has 0 fully saturated rings. The fourth-order valence-corrected chi connectivity index (χ4v) is 2.92. The van der Waals surface area contributed by atoms with Gasteiger partial charge in [-0.05, 0) is 36.1 Å². The van der Waals surface area contributed by atoms with Crippen LogP contribution in [0.25, 0.3) is 10.2 Å². The number of hydrogen-bond acceptors (Lipinski definition) is 5. The summed E-state index contributed by atoms with van der Waals surface area (Å²) in [6, 6.07) is 9.59. The summed E-state index contributed by atoms with van der Waals surface area (Å²) in [5, 5.41) is 6.74. The van der Waals surface area contributed by atoms with Gasteiger partial charge in [0.25, 0.3) is 0 Å². The highest BCUT2D eigenvalue weighted by Gasteiger charge is 2.10. The second-order valence-electron chi connectivity index (χ2n) is 4.44. The van der Waals surface area contributed by atoms with Gasteiger partial charge in [0.2, 0.25) is 11.8 Å². The summed E-state index contributed by atoms with van der Waals surface area (Å²) in [7, 11) is 0. The zero-order valence-electron chi connectivity index (χ0n) is 11.5. The van der Waals surface area contributed by atoms with Gasteiger partial charge in [0.15, 0.2) is 0 Å². The van der Waals surface area contributed by atoms with Gasteiger partial charge in [-0.25, -0.2) is 4.98 Å². The highest BCUT2D eigenvalue weighted by atomic mass is 35.5. The fraction of sp³-hybridized carbons (Fsp3) is 0.200. The predicted octanol–water partition coefficient (Wildman–Crippen LogP) is 4.36. The van der Waals surface area contributed by atoms with Crippen LogP contribution in [0.1, 0.15) is 12.5 Å². The van der Waals surface area contributed by atoms with Crippen LogP contribution >= 0.6 is 22.9 Å². The number of ether oxygens (including phenoxy) is 1. The molecule has 1 aromatic carbocycles. The van der Waals surface area contributed by atoms with Crippen molar-refractivity contribution in [1.29, 1.82) is 0 Å². The first-order valence-electron chi connectivity index (χ1n) is 6.62. The zero-order chi connectivity index (χ0) is 14.7. The molecule has 6 heteroatoms. The number of fused-ring (bicyclic) bond motifs is 1. The molecular formula is C15H14ClN3OS. The lowest BCUT2D eigenvalue weighted by Crippen LogP contribution is -2.04. The molecule has 0 bridgehead atoms. The number of aromatic nitrogens is 2. The van der Waals surface area contributed by atoms with E-state index in [0.717, 1.165) is 22.3 Å². The van der Waals surface area contributed by atoms with E-state index < -0.39 is 0 Å². The molecule has 1 N–H and O–H groups in total. The van der Waals surface area contributed by atoms with E-state index in [2.05, 4.69) is 15.3 Å². The van der Waals surface area contributed by atoms with Crippen molar-refractivity contribution >= 4 is 39.1 Å². The third kappa shape index (κ3) is 3.25. The maximum Gasteiger partial charge on any atom is 0.227 e. The lowest BCUT2D eigenvalue weighted by atomic mass is 10.2. The second kappa shape index (κ2) is 6.28.